The number of ether oxygens (including phenoxy) is 2. The maximum Gasteiger partial charge on any atom is 0.331 e. The first-order valence-corrected chi connectivity index (χ1v) is 10.8. The molecule has 0 unspecified atom stereocenters. The zero-order valence-electron chi connectivity index (χ0n) is 18.9. The van der Waals surface area contributed by atoms with Crippen molar-refractivity contribution in [1.82, 2.24) is 10.2 Å². The van der Waals surface area contributed by atoms with E-state index >= 15 is 0 Å². The number of rotatable bonds is 8. The Balaban J connectivity index is 1.56. The summed E-state index contributed by atoms with van der Waals surface area (Å²) in [7, 11) is 0. The van der Waals surface area contributed by atoms with E-state index in [2.05, 4.69) is 5.32 Å². The SMILES string of the molecule is CCOc1cc(/C=C2\C(=O)NC(=O)N(Cc3ccco3)C2=O)ccc1OCc1cccc(C)c1. The molecule has 0 bridgehead atoms. The van der Waals surface area contributed by atoms with Crippen LogP contribution in [-0.4, -0.2) is 29.4 Å². The van der Waals surface area contributed by atoms with Gasteiger partial charge in [0.15, 0.2) is 11.5 Å². The Morgan fingerprint density at radius 1 is 1.00 bits per heavy atom. The highest BCUT2D eigenvalue weighted by Gasteiger charge is 2.36. The van der Waals surface area contributed by atoms with Gasteiger partial charge in [0.2, 0.25) is 0 Å². The highest BCUT2D eigenvalue weighted by atomic mass is 16.5. The van der Waals surface area contributed by atoms with Crippen LogP contribution in [0, 0.1) is 6.92 Å². The van der Waals surface area contributed by atoms with Crippen LogP contribution < -0.4 is 14.8 Å². The van der Waals surface area contributed by atoms with Crippen LogP contribution >= 0.6 is 0 Å². The number of benzene rings is 2. The van der Waals surface area contributed by atoms with Gasteiger partial charge in [0.25, 0.3) is 11.8 Å². The molecule has 34 heavy (non-hydrogen) atoms. The van der Waals surface area contributed by atoms with Crippen LogP contribution in [0.3, 0.4) is 0 Å². The third kappa shape index (κ3) is 5.17. The van der Waals surface area contributed by atoms with E-state index in [0.29, 0.717) is 36.0 Å². The van der Waals surface area contributed by atoms with Gasteiger partial charge in [-0.05, 0) is 55.3 Å². The number of barbiturate groups is 1. The summed E-state index contributed by atoms with van der Waals surface area (Å²) < 4.78 is 16.9. The molecule has 1 fully saturated rings. The predicted octanol–water partition coefficient (Wildman–Crippen LogP) is 4.23. The van der Waals surface area contributed by atoms with Crippen molar-refractivity contribution in [2.75, 3.05) is 6.61 Å². The highest BCUT2D eigenvalue weighted by Crippen LogP contribution is 2.30. The largest absolute Gasteiger partial charge is 0.490 e. The van der Waals surface area contributed by atoms with E-state index < -0.39 is 17.8 Å². The van der Waals surface area contributed by atoms with E-state index in [1.807, 2.05) is 38.1 Å². The number of aryl methyl sites for hydroxylation is 1. The average Bonchev–Trinajstić information content (AvgIpc) is 3.32. The van der Waals surface area contributed by atoms with Crippen molar-refractivity contribution in [3.63, 3.8) is 0 Å². The standard InChI is InChI=1S/C26H24N2O6/c1-3-32-23-14-18(9-10-22(23)34-16-19-7-4-6-17(2)12-19)13-21-24(29)27-26(31)28(25(21)30)15-20-8-5-11-33-20/h4-14H,3,15-16H2,1-2H3,(H,27,29,31)/b21-13+. The molecular formula is C26H24N2O6. The fourth-order valence-electron chi connectivity index (χ4n) is 3.53. The number of carbonyl (C=O) groups excluding carboxylic acids is 3. The topological polar surface area (TPSA) is 98.1 Å². The average molecular weight is 460 g/mol. The third-order valence-electron chi connectivity index (χ3n) is 5.14. The quantitative estimate of drug-likeness (QED) is 0.399. The second-order valence-corrected chi connectivity index (χ2v) is 7.70. The molecule has 0 atom stereocenters. The molecule has 0 spiro atoms. The molecule has 4 rings (SSSR count). The Bertz CT molecular complexity index is 1250. The molecule has 174 valence electrons. The molecule has 2 aromatic carbocycles. The number of hydrogen-bond donors (Lipinski definition) is 1. The molecule has 8 heteroatoms. The van der Waals surface area contributed by atoms with Gasteiger partial charge < -0.3 is 13.9 Å². The maximum absolute atomic E-state index is 12.9. The number of urea groups is 1. The van der Waals surface area contributed by atoms with Crippen molar-refractivity contribution in [2.45, 2.75) is 27.0 Å². The van der Waals surface area contributed by atoms with Crippen LogP contribution in [0.2, 0.25) is 0 Å². The van der Waals surface area contributed by atoms with Gasteiger partial charge in [-0.15, -0.1) is 0 Å². The molecule has 4 amide bonds. The fraction of sp³-hybridized carbons (Fsp3) is 0.192. The number of nitrogens with zero attached hydrogens (tertiary/aromatic N) is 1. The summed E-state index contributed by atoms with van der Waals surface area (Å²) in [6.07, 6.45) is 2.87. The van der Waals surface area contributed by atoms with E-state index in [1.165, 1.54) is 12.3 Å². The summed E-state index contributed by atoms with van der Waals surface area (Å²) in [4.78, 5) is 38.5. The summed E-state index contributed by atoms with van der Waals surface area (Å²) in [5, 5.41) is 2.20. The molecule has 1 aromatic heterocycles. The van der Waals surface area contributed by atoms with Gasteiger partial charge in [-0.3, -0.25) is 19.8 Å². The minimum atomic E-state index is -0.793. The smallest absolute Gasteiger partial charge is 0.331 e. The van der Waals surface area contributed by atoms with Crippen molar-refractivity contribution in [3.8, 4) is 11.5 Å². The van der Waals surface area contributed by atoms with Crippen LogP contribution in [0.4, 0.5) is 4.79 Å². The molecule has 1 aliphatic heterocycles. The lowest BCUT2D eigenvalue weighted by Crippen LogP contribution is -2.53. The second-order valence-electron chi connectivity index (χ2n) is 7.70. The first-order chi connectivity index (χ1) is 16.4. The molecule has 3 aromatic rings. The normalized spacial score (nSPS) is 14.9. The number of amides is 4. The number of furan rings is 1. The van der Waals surface area contributed by atoms with Crippen molar-refractivity contribution in [3.05, 3.63) is 88.9 Å². The molecule has 1 aliphatic rings. The zero-order valence-corrected chi connectivity index (χ0v) is 18.9. The lowest BCUT2D eigenvalue weighted by molar-refractivity contribution is -0.130. The first-order valence-electron chi connectivity index (χ1n) is 10.8. The van der Waals surface area contributed by atoms with Gasteiger partial charge in [-0.1, -0.05) is 35.9 Å². The zero-order chi connectivity index (χ0) is 24.1. The summed E-state index contributed by atoms with van der Waals surface area (Å²) >= 11 is 0. The van der Waals surface area contributed by atoms with E-state index in [9.17, 15) is 14.4 Å². The van der Waals surface area contributed by atoms with Crippen LogP contribution in [0.25, 0.3) is 6.08 Å². The van der Waals surface area contributed by atoms with Crippen LogP contribution in [-0.2, 0) is 22.7 Å². The third-order valence-corrected chi connectivity index (χ3v) is 5.14. The summed E-state index contributed by atoms with van der Waals surface area (Å²) in [6, 6.07) is 15.7. The van der Waals surface area contributed by atoms with E-state index in [0.717, 1.165) is 16.0 Å². The summed E-state index contributed by atoms with van der Waals surface area (Å²) in [5.41, 5.74) is 2.56. The predicted molar refractivity (Wildman–Crippen MR) is 124 cm³/mol. The molecule has 8 nitrogen and oxygen atoms in total. The molecule has 1 N–H and O–H groups in total. The Morgan fingerprint density at radius 2 is 1.85 bits per heavy atom. The molecule has 0 radical (unpaired) electrons. The Kier molecular flexibility index (Phi) is 6.77. The Morgan fingerprint density at radius 3 is 2.59 bits per heavy atom. The minimum absolute atomic E-state index is 0.0851. The summed E-state index contributed by atoms with van der Waals surface area (Å²) in [6.45, 7) is 4.56. The van der Waals surface area contributed by atoms with Gasteiger partial charge in [-0.2, -0.15) is 0 Å². The maximum atomic E-state index is 12.9. The minimum Gasteiger partial charge on any atom is -0.490 e. The van der Waals surface area contributed by atoms with Crippen molar-refractivity contribution in [1.29, 1.82) is 0 Å². The first kappa shape index (κ1) is 22.8. The Hall–Kier alpha value is -4.33. The van der Waals surface area contributed by atoms with E-state index in [-0.39, 0.29) is 12.1 Å². The highest BCUT2D eigenvalue weighted by molar-refractivity contribution is 6.30. The van der Waals surface area contributed by atoms with Crippen molar-refractivity contribution < 1.29 is 28.3 Å². The Labute approximate surface area is 196 Å². The van der Waals surface area contributed by atoms with Crippen LogP contribution in [0.1, 0.15) is 29.4 Å². The second kappa shape index (κ2) is 10.1. The van der Waals surface area contributed by atoms with Gasteiger partial charge in [0, 0.05) is 0 Å². The van der Waals surface area contributed by atoms with Gasteiger partial charge in [0.05, 0.1) is 19.4 Å². The molecular weight excluding hydrogens is 436 g/mol. The van der Waals surface area contributed by atoms with Crippen molar-refractivity contribution >= 4 is 23.9 Å². The van der Waals surface area contributed by atoms with E-state index in [4.69, 9.17) is 13.9 Å². The number of carbonyl (C=O) groups is 3. The number of hydrogen-bond acceptors (Lipinski definition) is 6. The number of nitrogens with one attached hydrogen (secondary N) is 1. The van der Waals surface area contributed by atoms with E-state index in [1.54, 1.807) is 30.3 Å². The lowest BCUT2D eigenvalue weighted by atomic mass is 10.1. The molecule has 0 aliphatic carbocycles. The number of imide groups is 2. The van der Waals surface area contributed by atoms with Crippen LogP contribution in [0.15, 0.2) is 70.9 Å². The fourth-order valence-corrected chi connectivity index (χ4v) is 3.53. The van der Waals surface area contributed by atoms with Crippen molar-refractivity contribution in [2.24, 2.45) is 0 Å². The summed E-state index contributed by atoms with van der Waals surface area (Å²) in [5.74, 6) is -0.0199. The van der Waals surface area contributed by atoms with Gasteiger partial charge >= 0.3 is 6.03 Å². The lowest BCUT2D eigenvalue weighted by Gasteiger charge is -2.25. The van der Waals surface area contributed by atoms with Gasteiger partial charge in [0.1, 0.15) is 17.9 Å². The monoisotopic (exact) mass is 460 g/mol. The molecule has 1 saturated heterocycles. The van der Waals surface area contributed by atoms with Crippen LogP contribution in [0.5, 0.6) is 11.5 Å². The molecule has 0 saturated carbocycles. The molecule has 2 heterocycles. The van der Waals surface area contributed by atoms with Gasteiger partial charge in [-0.25, -0.2) is 4.79 Å².